The van der Waals surface area contributed by atoms with Crippen LogP contribution in [0.5, 0.6) is 0 Å². The second kappa shape index (κ2) is 6.83. The Hall–Kier alpha value is -2.04. The molecule has 0 bridgehead atoms. The number of aromatic amines is 1. The van der Waals surface area contributed by atoms with Crippen molar-refractivity contribution in [3.63, 3.8) is 0 Å². The normalized spacial score (nSPS) is 19.9. The van der Waals surface area contributed by atoms with Gasteiger partial charge >= 0.3 is 0 Å². The van der Waals surface area contributed by atoms with Crippen LogP contribution in [0.1, 0.15) is 44.9 Å². The van der Waals surface area contributed by atoms with Gasteiger partial charge in [0, 0.05) is 25.6 Å². The molecule has 1 aliphatic heterocycles. The molecule has 0 atom stereocenters. The molecule has 2 aromatic rings. The van der Waals surface area contributed by atoms with E-state index >= 15 is 0 Å². The summed E-state index contributed by atoms with van der Waals surface area (Å²) in [6.07, 6.45) is 7.78. The van der Waals surface area contributed by atoms with Crippen LogP contribution >= 0.6 is 0 Å². The van der Waals surface area contributed by atoms with E-state index in [9.17, 15) is 4.79 Å². The van der Waals surface area contributed by atoms with Crippen molar-refractivity contribution in [2.75, 3.05) is 18.0 Å². The van der Waals surface area contributed by atoms with Crippen LogP contribution < -0.4 is 10.2 Å². The average molecular weight is 326 g/mol. The summed E-state index contributed by atoms with van der Waals surface area (Å²) in [4.78, 5) is 22.6. The molecule has 0 unspecified atom stereocenters. The van der Waals surface area contributed by atoms with Gasteiger partial charge in [0.2, 0.25) is 11.9 Å². The van der Waals surface area contributed by atoms with Gasteiger partial charge in [-0.2, -0.15) is 0 Å². The molecule has 1 aromatic heterocycles. The first-order chi connectivity index (χ1) is 11.8. The summed E-state index contributed by atoms with van der Waals surface area (Å²) in [5.41, 5.74) is 2.10. The topological polar surface area (TPSA) is 61.0 Å². The monoisotopic (exact) mass is 326 g/mol. The third-order valence-electron chi connectivity index (χ3n) is 5.49. The largest absolute Gasteiger partial charge is 0.353 e. The first kappa shape index (κ1) is 15.5. The summed E-state index contributed by atoms with van der Waals surface area (Å²) in [5, 5.41) is 3.25. The number of benzene rings is 1. The van der Waals surface area contributed by atoms with Gasteiger partial charge in [-0.1, -0.05) is 25.0 Å². The number of aromatic nitrogens is 2. The zero-order valence-corrected chi connectivity index (χ0v) is 14.1. The van der Waals surface area contributed by atoms with Gasteiger partial charge in [-0.25, -0.2) is 4.98 Å². The second-order valence-electron chi connectivity index (χ2n) is 7.26. The SMILES string of the molecule is O=C(CC1CCCC1)NC1CCN(c2nc3ccccc3[nH]2)CC1. The number of hydrogen-bond acceptors (Lipinski definition) is 3. The van der Waals surface area contributed by atoms with Gasteiger partial charge in [-0.3, -0.25) is 4.79 Å². The van der Waals surface area contributed by atoms with Crippen molar-refractivity contribution in [3.05, 3.63) is 24.3 Å². The van der Waals surface area contributed by atoms with E-state index in [1.54, 1.807) is 0 Å². The molecular weight excluding hydrogens is 300 g/mol. The number of H-pyrrole nitrogens is 1. The Morgan fingerprint density at radius 2 is 1.92 bits per heavy atom. The molecular formula is C19H26N4O. The maximum absolute atomic E-state index is 12.2. The lowest BCUT2D eigenvalue weighted by Gasteiger charge is -2.32. The van der Waals surface area contributed by atoms with Gasteiger partial charge in [0.25, 0.3) is 0 Å². The molecule has 1 amide bonds. The number of hydrogen-bond donors (Lipinski definition) is 2. The van der Waals surface area contributed by atoms with E-state index in [0.29, 0.717) is 12.0 Å². The number of para-hydroxylation sites is 2. The van der Waals surface area contributed by atoms with E-state index in [-0.39, 0.29) is 5.91 Å². The predicted molar refractivity (Wildman–Crippen MR) is 96.0 cm³/mol. The van der Waals surface area contributed by atoms with Crippen LogP contribution in [0.25, 0.3) is 11.0 Å². The van der Waals surface area contributed by atoms with Crippen molar-refractivity contribution < 1.29 is 4.79 Å². The van der Waals surface area contributed by atoms with Gasteiger partial charge in [0.15, 0.2) is 0 Å². The van der Waals surface area contributed by atoms with Crippen LogP contribution in [-0.2, 0) is 4.79 Å². The molecule has 1 saturated carbocycles. The number of amides is 1. The predicted octanol–water partition coefficient (Wildman–Crippen LogP) is 3.23. The molecule has 4 rings (SSSR count). The number of piperidine rings is 1. The Kier molecular flexibility index (Phi) is 4.41. The lowest BCUT2D eigenvalue weighted by Crippen LogP contribution is -2.45. The molecule has 5 nitrogen and oxygen atoms in total. The lowest BCUT2D eigenvalue weighted by atomic mass is 10.0. The zero-order chi connectivity index (χ0) is 16.4. The summed E-state index contributed by atoms with van der Waals surface area (Å²) in [6, 6.07) is 8.45. The van der Waals surface area contributed by atoms with Gasteiger partial charge in [0.1, 0.15) is 0 Å². The van der Waals surface area contributed by atoms with Crippen molar-refractivity contribution in [2.45, 2.75) is 51.0 Å². The van der Waals surface area contributed by atoms with E-state index in [0.717, 1.165) is 49.3 Å². The minimum absolute atomic E-state index is 0.254. The standard InChI is InChI=1S/C19H26N4O/c24-18(13-14-5-1-2-6-14)20-15-9-11-23(12-10-15)19-21-16-7-3-4-8-17(16)22-19/h3-4,7-8,14-15H,1-2,5-6,9-13H2,(H,20,24)(H,21,22). The van der Waals surface area contributed by atoms with Gasteiger partial charge in [-0.15, -0.1) is 0 Å². The van der Waals surface area contributed by atoms with E-state index in [1.807, 2.05) is 18.2 Å². The van der Waals surface area contributed by atoms with Crippen LogP contribution in [-0.4, -0.2) is 35.0 Å². The fourth-order valence-electron chi connectivity index (χ4n) is 4.09. The van der Waals surface area contributed by atoms with Crippen LogP contribution in [0.4, 0.5) is 5.95 Å². The van der Waals surface area contributed by atoms with E-state index in [2.05, 4.69) is 26.3 Å². The molecule has 0 spiro atoms. The first-order valence-corrected chi connectivity index (χ1v) is 9.27. The number of fused-ring (bicyclic) bond motifs is 1. The highest BCUT2D eigenvalue weighted by Crippen LogP contribution is 2.27. The summed E-state index contributed by atoms with van der Waals surface area (Å²) < 4.78 is 0. The number of rotatable bonds is 4. The van der Waals surface area contributed by atoms with Gasteiger partial charge in [-0.05, 0) is 43.7 Å². The van der Waals surface area contributed by atoms with Gasteiger partial charge in [0.05, 0.1) is 11.0 Å². The molecule has 1 aromatic carbocycles. The minimum Gasteiger partial charge on any atom is -0.353 e. The third-order valence-corrected chi connectivity index (χ3v) is 5.49. The molecule has 1 aliphatic carbocycles. The van der Waals surface area contributed by atoms with Crippen LogP contribution in [0.3, 0.4) is 0 Å². The molecule has 0 radical (unpaired) electrons. The van der Waals surface area contributed by atoms with E-state index < -0.39 is 0 Å². The fraction of sp³-hybridized carbons (Fsp3) is 0.579. The van der Waals surface area contributed by atoms with Crippen molar-refractivity contribution in [1.29, 1.82) is 0 Å². The summed E-state index contributed by atoms with van der Waals surface area (Å²) in [7, 11) is 0. The third kappa shape index (κ3) is 3.40. The average Bonchev–Trinajstić information content (AvgIpc) is 3.24. The molecule has 5 heteroatoms. The first-order valence-electron chi connectivity index (χ1n) is 9.27. The maximum atomic E-state index is 12.2. The number of nitrogens with one attached hydrogen (secondary N) is 2. The summed E-state index contributed by atoms with van der Waals surface area (Å²) in [6.45, 7) is 1.88. The Labute approximate surface area is 142 Å². The number of carbonyl (C=O) groups is 1. The Morgan fingerprint density at radius 1 is 1.17 bits per heavy atom. The van der Waals surface area contributed by atoms with E-state index in [4.69, 9.17) is 0 Å². The molecule has 1 saturated heterocycles. The smallest absolute Gasteiger partial charge is 0.220 e. The molecule has 2 heterocycles. The summed E-state index contributed by atoms with van der Waals surface area (Å²) in [5.74, 6) is 1.83. The van der Waals surface area contributed by atoms with Crippen LogP contribution in [0.2, 0.25) is 0 Å². The maximum Gasteiger partial charge on any atom is 0.220 e. The molecule has 24 heavy (non-hydrogen) atoms. The fourth-order valence-corrected chi connectivity index (χ4v) is 4.09. The molecule has 2 fully saturated rings. The minimum atomic E-state index is 0.254. The Balaban J connectivity index is 1.29. The highest BCUT2D eigenvalue weighted by atomic mass is 16.1. The number of carbonyl (C=O) groups excluding carboxylic acids is 1. The number of nitrogens with zero attached hydrogens (tertiary/aromatic N) is 2. The molecule has 2 aliphatic rings. The Morgan fingerprint density at radius 3 is 2.67 bits per heavy atom. The van der Waals surface area contributed by atoms with Crippen LogP contribution in [0.15, 0.2) is 24.3 Å². The number of imidazole rings is 1. The highest BCUT2D eigenvalue weighted by Gasteiger charge is 2.24. The van der Waals surface area contributed by atoms with E-state index in [1.165, 1.54) is 25.7 Å². The molecule has 2 N–H and O–H groups in total. The van der Waals surface area contributed by atoms with Crippen molar-refractivity contribution >= 4 is 22.9 Å². The van der Waals surface area contributed by atoms with Crippen molar-refractivity contribution in [3.8, 4) is 0 Å². The lowest BCUT2D eigenvalue weighted by molar-refractivity contribution is -0.122. The molecule has 128 valence electrons. The highest BCUT2D eigenvalue weighted by molar-refractivity contribution is 5.77. The second-order valence-corrected chi connectivity index (χ2v) is 7.26. The number of anilines is 1. The zero-order valence-electron chi connectivity index (χ0n) is 14.1. The van der Waals surface area contributed by atoms with Crippen LogP contribution in [0, 0.1) is 5.92 Å². The Bertz CT molecular complexity index is 663. The van der Waals surface area contributed by atoms with Gasteiger partial charge < -0.3 is 15.2 Å². The van der Waals surface area contributed by atoms with Crippen molar-refractivity contribution in [2.24, 2.45) is 5.92 Å². The summed E-state index contributed by atoms with van der Waals surface area (Å²) >= 11 is 0. The van der Waals surface area contributed by atoms with Crippen molar-refractivity contribution in [1.82, 2.24) is 15.3 Å². The quantitative estimate of drug-likeness (QED) is 0.907.